The molecule has 0 aromatic heterocycles. The molecule has 0 aliphatic rings. The van der Waals surface area contributed by atoms with E-state index >= 15 is 0 Å². The zero-order valence-electron chi connectivity index (χ0n) is 11.5. The fraction of sp³-hybridized carbons (Fsp3) is 0.727. The van der Waals surface area contributed by atoms with Crippen molar-refractivity contribution in [1.82, 2.24) is 10.6 Å². The van der Waals surface area contributed by atoms with Gasteiger partial charge in [-0.1, -0.05) is 0 Å². The number of rotatable bonds is 5. The van der Waals surface area contributed by atoms with Crippen molar-refractivity contribution in [3.63, 3.8) is 0 Å². The second-order valence-corrected chi connectivity index (χ2v) is 5.76. The van der Waals surface area contributed by atoms with Crippen molar-refractivity contribution in [2.24, 2.45) is 0 Å². The van der Waals surface area contributed by atoms with E-state index in [4.69, 9.17) is 9.84 Å². The number of carbonyl (C=O) groups excluding carboxylic acids is 2. The molecule has 0 rings (SSSR count). The molecule has 110 valence electrons. The topological polar surface area (TPSA) is 105 Å². The smallest absolute Gasteiger partial charge is 0.411 e. The lowest BCUT2D eigenvalue weighted by Crippen LogP contribution is -2.49. The first-order valence-corrected chi connectivity index (χ1v) is 7.07. The lowest BCUT2D eigenvalue weighted by molar-refractivity contribution is -0.122. The molecule has 3 N–H and O–H groups in total. The maximum Gasteiger partial charge on any atom is 0.411 e. The highest BCUT2D eigenvalue weighted by atomic mass is 32.2. The first-order chi connectivity index (χ1) is 8.65. The molecule has 0 radical (unpaired) electrons. The van der Waals surface area contributed by atoms with Crippen molar-refractivity contribution in [1.29, 1.82) is 0 Å². The third-order valence-corrected chi connectivity index (χ3v) is 2.49. The van der Waals surface area contributed by atoms with E-state index in [1.807, 2.05) is 6.26 Å². The van der Waals surface area contributed by atoms with Crippen molar-refractivity contribution in [2.75, 3.05) is 12.0 Å². The molecular formula is C11H20N2O5S. The second kappa shape index (κ2) is 7.88. The largest absolute Gasteiger partial charge is 0.465 e. The molecule has 0 bridgehead atoms. The van der Waals surface area contributed by atoms with E-state index in [0.717, 1.165) is 0 Å². The van der Waals surface area contributed by atoms with Gasteiger partial charge in [-0.3, -0.25) is 10.1 Å². The Bertz CT molecular complexity index is 340. The Balaban J connectivity index is 4.54. The third-order valence-electron chi connectivity index (χ3n) is 1.85. The predicted octanol–water partition coefficient (Wildman–Crippen LogP) is 1.43. The zero-order chi connectivity index (χ0) is 15.1. The van der Waals surface area contributed by atoms with E-state index in [-0.39, 0.29) is 0 Å². The van der Waals surface area contributed by atoms with Crippen LogP contribution in [-0.4, -0.2) is 46.9 Å². The summed E-state index contributed by atoms with van der Waals surface area (Å²) in [5.74, 6) is -0.166. The van der Waals surface area contributed by atoms with Crippen LogP contribution in [0.25, 0.3) is 0 Å². The highest BCUT2D eigenvalue weighted by Crippen LogP contribution is 2.08. The monoisotopic (exact) mass is 292 g/mol. The number of nitrogens with one attached hydrogen (secondary N) is 2. The zero-order valence-corrected chi connectivity index (χ0v) is 12.3. The highest BCUT2D eigenvalue weighted by Gasteiger charge is 2.24. The molecule has 1 atom stereocenters. The minimum atomic E-state index is -1.45. The van der Waals surface area contributed by atoms with E-state index in [0.29, 0.717) is 12.2 Å². The van der Waals surface area contributed by atoms with Gasteiger partial charge in [-0.2, -0.15) is 11.8 Å². The molecule has 0 saturated heterocycles. The summed E-state index contributed by atoms with van der Waals surface area (Å²) in [6.45, 7) is 5.09. The number of amides is 3. The fourth-order valence-corrected chi connectivity index (χ4v) is 1.62. The van der Waals surface area contributed by atoms with Crippen LogP contribution in [-0.2, 0) is 9.53 Å². The summed E-state index contributed by atoms with van der Waals surface area (Å²) < 4.78 is 5.02. The lowest BCUT2D eigenvalue weighted by Gasteiger charge is -2.22. The summed E-state index contributed by atoms with van der Waals surface area (Å²) in [7, 11) is 0. The van der Waals surface area contributed by atoms with Gasteiger partial charge in [0.1, 0.15) is 11.6 Å². The van der Waals surface area contributed by atoms with Gasteiger partial charge >= 0.3 is 12.2 Å². The molecule has 0 spiro atoms. The van der Waals surface area contributed by atoms with Gasteiger partial charge in [-0.25, -0.2) is 9.59 Å². The maximum atomic E-state index is 11.6. The molecule has 0 aliphatic heterocycles. The van der Waals surface area contributed by atoms with Gasteiger partial charge in [0.15, 0.2) is 0 Å². The summed E-state index contributed by atoms with van der Waals surface area (Å²) in [6, 6.07) is -0.932. The van der Waals surface area contributed by atoms with Crippen LogP contribution in [0.4, 0.5) is 9.59 Å². The van der Waals surface area contributed by atoms with Gasteiger partial charge in [0.05, 0.1) is 0 Å². The van der Waals surface area contributed by atoms with Crippen LogP contribution < -0.4 is 10.6 Å². The Morgan fingerprint density at radius 3 is 2.32 bits per heavy atom. The van der Waals surface area contributed by atoms with Crippen LogP contribution in [0.5, 0.6) is 0 Å². The van der Waals surface area contributed by atoms with Crippen LogP contribution in [0, 0.1) is 0 Å². The normalized spacial score (nSPS) is 12.4. The van der Waals surface area contributed by atoms with Crippen molar-refractivity contribution in [3.8, 4) is 0 Å². The number of hydrogen-bond acceptors (Lipinski definition) is 5. The van der Waals surface area contributed by atoms with Gasteiger partial charge in [0.25, 0.3) is 5.91 Å². The summed E-state index contributed by atoms with van der Waals surface area (Å²) in [5.41, 5.74) is -0.683. The predicted molar refractivity (Wildman–Crippen MR) is 72.3 cm³/mol. The van der Waals surface area contributed by atoms with E-state index in [1.165, 1.54) is 11.8 Å². The number of imide groups is 1. The van der Waals surface area contributed by atoms with Crippen LogP contribution >= 0.6 is 11.8 Å². The molecule has 0 aromatic carbocycles. The lowest BCUT2D eigenvalue weighted by atomic mass is 10.2. The second-order valence-electron chi connectivity index (χ2n) is 4.77. The number of carbonyl (C=O) groups is 3. The van der Waals surface area contributed by atoms with Gasteiger partial charge in [-0.15, -0.1) is 0 Å². The van der Waals surface area contributed by atoms with Crippen molar-refractivity contribution < 1.29 is 24.2 Å². The van der Waals surface area contributed by atoms with Crippen LogP contribution in [0.15, 0.2) is 0 Å². The third kappa shape index (κ3) is 9.18. The molecular weight excluding hydrogens is 272 g/mol. The summed E-state index contributed by atoms with van der Waals surface area (Å²) in [4.78, 5) is 33.6. The van der Waals surface area contributed by atoms with Crippen LogP contribution in [0.1, 0.15) is 27.2 Å². The molecule has 19 heavy (non-hydrogen) atoms. The van der Waals surface area contributed by atoms with E-state index in [1.54, 1.807) is 26.1 Å². The van der Waals surface area contributed by atoms with Gasteiger partial charge in [-0.05, 0) is 39.2 Å². The van der Waals surface area contributed by atoms with E-state index < -0.39 is 29.7 Å². The Labute approximate surface area is 116 Å². The van der Waals surface area contributed by atoms with Crippen LogP contribution in [0.2, 0.25) is 0 Å². The molecule has 0 aliphatic carbocycles. The molecule has 3 amide bonds. The quantitative estimate of drug-likeness (QED) is 0.708. The van der Waals surface area contributed by atoms with Crippen LogP contribution in [0.3, 0.4) is 0 Å². The molecule has 0 heterocycles. The number of ether oxygens (including phenoxy) is 1. The summed E-state index contributed by atoms with van der Waals surface area (Å²) in [6.07, 6.45) is -0.0385. The van der Waals surface area contributed by atoms with E-state index in [2.05, 4.69) is 5.32 Å². The van der Waals surface area contributed by atoms with Crippen molar-refractivity contribution in [2.45, 2.75) is 38.8 Å². The highest BCUT2D eigenvalue weighted by molar-refractivity contribution is 7.98. The molecule has 0 fully saturated rings. The standard InChI is InChI=1S/C11H20N2O5S/c1-11(2,3)18-10(17)12-7(5-6-19-4)8(14)13-9(15)16/h7H,5-6H2,1-4H3,(H,12,17)(H,13,14)(H,15,16). The Morgan fingerprint density at radius 2 is 1.89 bits per heavy atom. The number of hydrogen-bond donors (Lipinski definition) is 3. The Morgan fingerprint density at radius 1 is 1.32 bits per heavy atom. The first-order valence-electron chi connectivity index (χ1n) is 5.68. The maximum absolute atomic E-state index is 11.6. The van der Waals surface area contributed by atoms with Gasteiger partial charge in [0, 0.05) is 0 Å². The Kier molecular flexibility index (Phi) is 7.28. The molecule has 0 saturated carbocycles. The van der Waals surface area contributed by atoms with Gasteiger partial charge in [0.2, 0.25) is 0 Å². The average Bonchev–Trinajstić information content (AvgIpc) is 2.20. The SMILES string of the molecule is CSCCC(NC(=O)OC(C)(C)C)C(=O)NC(=O)O. The Hall–Kier alpha value is -1.44. The fourth-order valence-electron chi connectivity index (χ4n) is 1.15. The molecule has 1 unspecified atom stereocenters. The van der Waals surface area contributed by atoms with Crippen molar-refractivity contribution in [3.05, 3.63) is 0 Å². The molecule has 0 aromatic rings. The first kappa shape index (κ1) is 17.6. The number of carboxylic acid groups (broad SMARTS) is 1. The average molecular weight is 292 g/mol. The minimum absolute atomic E-state index is 0.319. The minimum Gasteiger partial charge on any atom is -0.465 e. The van der Waals surface area contributed by atoms with Crippen molar-refractivity contribution >= 4 is 29.9 Å². The number of thioether (sulfide) groups is 1. The number of alkyl carbamates (subject to hydrolysis) is 1. The summed E-state index contributed by atoms with van der Waals surface area (Å²) in [5, 5.41) is 12.6. The molecule has 7 nitrogen and oxygen atoms in total. The van der Waals surface area contributed by atoms with E-state index in [9.17, 15) is 14.4 Å². The molecule has 8 heteroatoms. The van der Waals surface area contributed by atoms with Gasteiger partial charge < -0.3 is 15.2 Å². The summed E-state index contributed by atoms with van der Waals surface area (Å²) >= 11 is 1.49.